The number of carbonyl (C=O) groups excluding carboxylic acids is 2. The lowest BCUT2D eigenvalue weighted by Crippen LogP contribution is -2.44. The summed E-state index contributed by atoms with van der Waals surface area (Å²) in [6.07, 6.45) is 1.63. The molecule has 0 unspecified atom stereocenters. The number of aryl methyl sites for hydroxylation is 1. The van der Waals surface area contributed by atoms with E-state index in [9.17, 15) is 14.7 Å². The fourth-order valence-electron chi connectivity index (χ4n) is 4.96. The number of ketones is 1. The molecule has 212 valence electrons. The van der Waals surface area contributed by atoms with E-state index in [0.29, 0.717) is 38.5 Å². The third kappa shape index (κ3) is 5.65. The van der Waals surface area contributed by atoms with E-state index in [0.717, 1.165) is 48.8 Å². The Labute approximate surface area is 246 Å². The number of aromatic nitrogens is 3. The molecule has 1 aliphatic heterocycles. The lowest BCUT2D eigenvalue weighted by atomic mass is 10.0. The van der Waals surface area contributed by atoms with Crippen molar-refractivity contribution in [2.75, 3.05) is 43.4 Å². The predicted molar refractivity (Wildman–Crippen MR) is 166 cm³/mol. The molecule has 0 atom stereocenters. The molecule has 0 aliphatic carbocycles. The molecule has 2 aromatic heterocycles. The standard InChI is InChI=1S/C31H29N7O3S/c1-19-29(42-36-35-19)31(41)33-23-5-3-4-20(16-23)28(39)21-6-11-25-26(30(40)34-27(25)17-21)18-32-22-7-9-24(10-8-22)38-14-12-37(2)13-15-38/h3-11,16-18,34,40H,12-15H2,1-2H3,(H,33,41). The number of nitrogens with one attached hydrogen (secondary N) is 2. The quantitative estimate of drug-likeness (QED) is 0.183. The Bertz CT molecular complexity index is 1800. The number of likely N-dealkylation sites (N-methyl/N-ethyl adjacent to an activating group) is 1. The number of aromatic amines is 1. The lowest BCUT2D eigenvalue weighted by molar-refractivity contribution is 0.102. The van der Waals surface area contributed by atoms with Crippen LogP contribution in [0.3, 0.4) is 0 Å². The molecule has 3 N–H and O–H groups in total. The van der Waals surface area contributed by atoms with Gasteiger partial charge in [-0.15, -0.1) is 5.10 Å². The Hall–Kier alpha value is -4.87. The Morgan fingerprint density at radius 1 is 1.02 bits per heavy atom. The molecule has 10 nitrogen and oxygen atoms in total. The number of rotatable bonds is 7. The number of nitrogens with zero attached hydrogens (tertiary/aromatic N) is 5. The number of aliphatic imine (C=N–C) groups is 1. The van der Waals surface area contributed by atoms with Crippen LogP contribution in [-0.2, 0) is 0 Å². The van der Waals surface area contributed by atoms with Crippen LogP contribution in [-0.4, -0.2) is 75.7 Å². The topological polar surface area (TPSA) is 127 Å². The Morgan fingerprint density at radius 2 is 1.79 bits per heavy atom. The van der Waals surface area contributed by atoms with E-state index in [1.807, 2.05) is 12.1 Å². The molecule has 1 saturated heterocycles. The first-order valence-corrected chi connectivity index (χ1v) is 14.3. The molecule has 0 spiro atoms. The molecule has 0 bridgehead atoms. The molecule has 3 aromatic carbocycles. The van der Waals surface area contributed by atoms with E-state index in [1.54, 1.807) is 55.6 Å². The molecule has 1 fully saturated rings. The van der Waals surface area contributed by atoms with Crippen molar-refractivity contribution in [2.24, 2.45) is 4.99 Å². The maximum absolute atomic E-state index is 13.3. The Balaban J connectivity index is 1.17. The lowest BCUT2D eigenvalue weighted by Gasteiger charge is -2.34. The summed E-state index contributed by atoms with van der Waals surface area (Å²) in [6, 6.07) is 20.1. The van der Waals surface area contributed by atoms with Crippen LogP contribution in [0, 0.1) is 6.92 Å². The monoisotopic (exact) mass is 579 g/mol. The molecule has 5 aromatic rings. The van der Waals surface area contributed by atoms with Gasteiger partial charge in [0.15, 0.2) is 11.7 Å². The van der Waals surface area contributed by atoms with Gasteiger partial charge in [-0.25, -0.2) is 0 Å². The molecule has 3 heterocycles. The predicted octanol–water partition coefficient (Wildman–Crippen LogP) is 5.02. The average molecular weight is 580 g/mol. The first-order chi connectivity index (χ1) is 20.4. The zero-order chi connectivity index (χ0) is 29.2. The van der Waals surface area contributed by atoms with Crippen LogP contribution in [0.5, 0.6) is 5.88 Å². The van der Waals surface area contributed by atoms with Gasteiger partial charge in [0.05, 0.1) is 16.9 Å². The second-order valence-electron chi connectivity index (χ2n) is 10.3. The summed E-state index contributed by atoms with van der Waals surface area (Å²) in [5, 5.41) is 18.0. The van der Waals surface area contributed by atoms with Crippen LogP contribution < -0.4 is 10.2 Å². The highest BCUT2D eigenvalue weighted by Gasteiger charge is 2.17. The third-order valence-electron chi connectivity index (χ3n) is 7.38. The summed E-state index contributed by atoms with van der Waals surface area (Å²) >= 11 is 1.02. The summed E-state index contributed by atoms with van der Waals surface area (Å²) in [6.45, 7) is 5.81. The van der Waals surface area contributed by atoms with Gasteiger partial charge in [-0.1, -0.05) is 28.8 Å². The van der Waals surface area contributed by atoms with Crippen molar-refractivity contribution in [3.8, 4) is 5.88 Å². The maximum atomic E-state index is 13.3. The molecular weight excluding hydrogens is 550 g/mol. The first-order valence-electron chi connectivity index (χ1n) is 13.5. The summed E-state index contributed by atoms with van der Waals surface area (Å²) in [5.41, 5.74) is 5.02. The number of fused-ring (bicyclic) bond motifs is 1. The van der Waals surface area contributed by atoms with Crippen LogP contribution in [0.2, 0.25) is 0 Å². The molecule has 6 rings (SSSR count). The van der Waals surface area contributed by atoms with Gasteiger partial charge in [-0.2, -0.15) is 0 Å². The van der Waals surface area contributed by atoms with Gasteiger partial charge in [0, 0.05) is 65.8 Å². The second kappa shape index (κ2) is 11.6. The number of hydrogen-bond acceptors (Lipinski definition) is 9. The zero-order valence-electron chi connectivity index (χ0n) is 23.2. The van der Waals surface area contributed by atoms with E-state index < -0.39 is 0 Å². The van der Waals surface area contributed by atoms with Gasteiger partial charge in [0.1, 0.15) is 4.88 Å². The fourth-order valence-corrected chi connectivity index (χ4v) is 5.51. The minimum atomic E-state index is -0.324. The number of piperazine rings is 1. The zero-order valence-corrected chi connectivity index (χ0v) is 24.0. The largest absolute Gasteiger partial charge is 0.494 e. The number of carbonyl (C=O) groups is 2. The highest BCUT2D eigenvalue weighted by atomic mass is 32.1. The molecule has 0 saturated carbocycles. The van der Waals surface area contributed by atoms with Crippen LogP contribution in [0.25, 0.3) is 10.9 Å². The van der Waals surface area contributed by atoms with E-state index in [1.165, 1.54) is 5.69 Å². The second-order valence-corrected chi connectivity index (χ2v) is 11.0. The number of benzene rings is 3. The van der Waals surface area contributed by atoms with Crippen molar-refractivity contribution in [2.45, 2.75) is 6.92 Å². The minimum Gasteiger partial charge on any atom is -0.494 e. The molecule has 11 heteroatoms. The normalized spacial score (nSPS) is 14.1. The van der Waals surface area contributed by atoms with Crippen molar-refractivity contribution < 1.29 is 14.7 Å². The summed E-state index contributed by atoms with van der Waals surface area (Å²) < 4.78 is 3.80. The minimum absolute atomic E-state index is 0.0232. The van der Waals surface area contributed by atoms with E-state index in [-0.39, 0.29) is 17.6 Å². The molecule has 1 amide bonds. The highest BCUT2D eigenvalue weighted by molar-refractivity contribution is 7.08. The van der Waals surface area contributed by atoms with E-state index >= 15 is 0 Å². The smallest absolute Gasteiger partial charge is 0.269 e. The van der Waals surface area contributed by atoms with Gasteiger partial charge in [-0.3, -0.25) is 14.6 Å². The molecule has 1 aliphatic rings. The number of hydrogen-bond donors (Lipinski definition) is 3. The van der Waals surface area contributed by atoms with Gasteiger partial charge in [-0.05, 0) is 68.0 Å². The summed E-state index contributed by atoms with van der Waals surface area (Å²) in [7, 11) is 2.14. The molecular formula is C31H29N7O3S. The van der Waals surface area contributed by atoms with Crippen LogP contribution in [0.15, 0.2) is 71.7 Å². The number of amides is 1. The third-order valence-corrected chi connectivity index (χ3v) is 8.21. The molecule has 0 radical (unpaired) electrons. The number of H-pyrrole nitrogens is 1. The van der Waals surface area contributed by atoms with Gasteiger partial charge >= 0.3 is 0 Å². The fraction of sp³-hybridized carbons (Fsp3) is 0.194. The Kier molecular flexibility index (Phi) is 7.51. The van der Waals surface area contributed by atoms with Crippen LogP contribution in [0.1, 0.15) is 36.9 Å². The van der Waals surface area contributed by atoms with Crippen LogP contribution in [0.4, 0.5) is 17.1 Å². The van der Waals surface area contributed by atoms with Crippen molar-refractivity contribution in [3.63, 3.8) is 0 Å². The van der Waals surface area contributed by atoms with Crippen molar-refractivity contribution >= 4 is 57.4 Å². The number of aromatic hydroxyl groups is 1. The van der Waals surface area contributed by atoms with Crippen molar-refractivity contribution in [1.82, 2.24) is 19.5 Å². The Morgan fingerprint density at radius 3 is 2.52 bits per heavy atom. The highest BCUT2D eigenvalue weighted by Crippen LogP contribution is 2.29. The van der Waals surface area contributed by atoms with Crippen LogP contribution >= 0.6 is 11.5 Å². The molecule has 42 heavy (non-hydrogen) atoms. The first kappa shape index (κ1) is 27.3. The van der Waals surface area contributed by atoms with Crippen molar-refractivity contribution in [1.29, 1.82) is 0 Å². The SMILES string of the molecule is Cc1nnsc1C(=O)Nc1cccc(C(=O)c2ccc3c(C=Nc4ccc(N5CCN(C)CC5)cc4)c(O)[nH]c3c2)c1. The van der Waals surface area contributed by atoms with Gasteiger partial charge in [0.2, 0.25) is 0 Å². The average Bonchev–Trinajstić information content (AvgIpc) is 3.57. The summed E-state index contributed by atoms with van der Waals surface area (Å²) in [4.78, 5) is 38.5. The maximum Gasteiger partial charge on any atom is 0.269 e. The summed E-state index contributed by atoms with van der Waals surface area (Å²) in [5.74, 6) is -0.561. The number of anilines is 2. The van der Waals surface area contributed by atoms with Gasteiger partial charge < -0.3 is 25.2 Å². The van der Waals surface area contributed by atoms with Gasteiger partial charge in [0.25, 0.3) is 5.91 Å². The van der Waals surface area contributed by atoms with E-state index in [4.69, 9.17) is 0 Å². The van der Waals surface area contributed by atoms with E-state index in [2.05, 4.69) is 53.9 Å². The van der Waals surface area contributed by atoms with Crippen molar-refractivity contribution in [3.05, 3.63) is 94.0 Å².